The lowest BCUT2D eigenvalue weighted by molar-refractivity contribution is -0.132. The quantitative estimate of drug-likeness (QED) is 0.498. The minimum Gasteiger partial charge on any atom is -0.369 e. The first-order valence-corrected chi connectivity index (χ1v) is 11.3. The Labute approximate surface area is 177 Å². The fourth-order valence-corrected chi connectivity index (χ4v) is 5.61. The molecule has 1 saturated heterocycles. The number of aryl methyl sites for hydroxylation is 1. The molecule has 1 unspecified atom stereocenters. The first-order valence-electron chi connectivity index (χ1n) is 9.55. The van der Waals surface area contributed by atoms with Crippen molar-refractivity contribution in [1.82, 2.24) is 14.9 Å². The van der Waals surface area contributed by atoms with E-state index in [0.717, 1.165) is 38.5 Å². The molecule has 8 heteroatoms. The smallest absolute Gasteiger partial charge is 0.233 e. The average Bonchev–Trinajstić information content (AvgIpc) is 3.16. The van der Waals surface area contributed by atoms with Crippen molar-refractivity contribution in [3.8, 4) is 10.4 Å². The van der Waals surface area contributed by atoms with Crippen molar-refractivity contribution < 1.29 is 9.59 Å². The predicted octanol–water partition coefficient (Wildman–Crippen LogP) is 3.48. The number of thiophene rings is 1. The maximum Gasteiger partial charge on any atom is 0.233 e. The lowest BCUT2D eigenvalue weighted by Crippen LogP contribution is -2.44. The van der Waals surface area contributed by atoms with Crippen molar-refractivity contribution in [3.05, 3.63) is 42.2 Å². The van der Waals surface area contributed by atoms with Crippen LogP contribution in [0.25, 0.3) is 20.7 Å². The van der Waals surface area contributed by atoms with E-state index in [1.54, 1.807) is 16.2 Å². The molecule has 0 bridgehead atoms. The molecule has 2 amide bonds. The normalized spacial score (nSPS) is 16.9. The minimum absolute atomic E-state index is 0.0175. The van der Waals surface area contributed by atoms with E-state index < -0.39 is 0 Å². The van der Waals surface area contributed by atoms with Gasteiger partial charge < -0.3 is 10.6 Å². The molecule has 0 saturated carbocycles. The molecule has 1 atom stereocenters. The van der Waals surface area contributed by atoms with Gasteiger partial charge in [0.05, 0.1) is 11.7 Å². The summed E-state index contributed by atoms with van der Waals surface area (Å²) in [5, 5.41) is 1.80. The van der Waals surface area contributed by atoms with Gasteiger partial charge in [0.2, 0.25) is 11.8 Å². The SMILES string of the molecule is Cc1nc(SCC(=O)N2CCCC(C(N)=O)C2)c2cc(-c3ccccc3)sc2n1. The van der Waals surface area contributed by atoms with E-state index in [9.17, 15) is 9.59 Å². The highest BCUT2D eigenvalue weighted by Crippen LogP contribution is 2.36. The van der Waals surface area contributed by atoms with E-state index in [0.29, 0.717) is 18.9 Å². The second-order valence-corrected chi connectivity index (χ2v) is 9.14. The molecule has 3 heterocycles. The van der Waals surface area contributed by atoms with Crippen LogP contribution in [0, 0.1) is 12.8 Å². The van der Waals surface area contributed by atoms with Gasteiger partial charge in [-0.25, -0.2) is 9.97 Å². The number of fused-ring (bicyclic) bond motifs is 1. The maximum atomic E-state index is 12.7. The van der Waals surface area contributed by atoms with Gasteiger partial charge in [-0.2, -0.15) is 0 Å². The first-order chi connectivity index (χ1) is 14.0. The lowest BCUT2D eigenvalue weighted by Gasteiger charge is -2.31. The van der Waals surface area contributed by atoms with Gasteiger partial charge in [-0.15, -0.1) is 11.3 Å². The Kier molecular flexibility index (Phi) is 5.82. The van der Waals surface area contributed by atoms with Crippen LogP contribution in [0.2, 0.25) is 0 Å². The minimum atomic E-state index is -0.324. The second kappa shape index (κ2) is 8.51. The number of amides is 2. The monoisotopic (exact) mass is 426 g/mol. The molecule has 0 spiro atoms. The summed E-state index contributed by atoms with van der Waals surface area (Å²) < 4.78 is 0. The van der Waals surface area contributed by atoms with Gasteiger partial charge in [0.15, 0.2) is 0 Å². The molecule has 3 aromatic rings. The van der Waals surface area contributed by atoms with Crippen LogP contribution in [-0.4, -0.2) is 45.5 Å². The Balaban J connectivity index is 1.52. The molecule has 6 nitrogen and oxygen atoms in total. The van der Waals surface area contributed by atoms with E-state index >= 15 is 0 Å². The lowest BCUT2D eigenvalue weighted by atomic mass is 9.97. The van der Waals surface area contributed by atoms with Crippen molar-refractivity contribution in [2.75, 3.05) is 18.8 Å². The Bertz CT molecular complexity index is 1050. The summed E-state index contributed by atoms with van der Waals surface area (Å²) in [7, 11) is 0. The number of thioether (sulfide) groups is 1. The topological polar surface area (TPSA) is 89.2 Å². The van der Waals surface area contributed by atoms with Crippen LogP contribution in [-0.2, 0) is 9.59 Å². The third-order valence-corrected chi connectivity index (χ3v) is 7.09. The number of likely N-dealkylation sites (tertiary alicyclic amines) is 1. The Morgan fingerprint density at radius 2 is 2.07 bits per heavy atom. The maximum absolute atomic E-state index is 12.7. The number of carbonyl (C=O) groups excluding carboxylic acids is 2. The number of benzene rings is 1. The van der Waals surface area contributed by atoms with E-state index in [4.69, 9.17) is 5.73 Å². The highest BCUT2D eigenvalue weighted by molar-refractivity contribution is 8.00. The van der Waals surface area contributed by atoms with E-state index in [1.165, 1.54) is 11.8 Å². The fourth-order valence-electron chi connectivity index (χ4n) is 3.51. The number of hydrogen-bond acceptors (Lipinski definition) is 6. The van der Waals surface area contributed by atoms with Crippen LogP contribution in [0.5, 0.6) is 0 Å². The highest BCUT2D eigenvalue weighted by Gasteiger charge is 2.27. The van der Waals surface area contributed by atoms with Gasteiger partial charge in [0.1, 0.15) is 15.7 Å². The molecular formula is C21H22N4O2S2. The molecule has 2 N–H and O–H groups in total. The Morgan fingerprint density at radius 3 is 2.83 bits per heavy atom. The molecule has 1 aliphatic rings. The van der Waals surface area contributed by atoms with Gasteiger partial charge in [-0.05, 0) is 31.4 Å². The number of nitrogens with two attached hydrogens (primary N) is 1. The standard InChI is InChI=1S/C21H22N4O2S2/c1-13-23-20(28-12-18(26)25-9-5-8-15(11-25)19(22)27)16-10-17(29-21(16)24-13)14-6-3-2-4-7-14/h2-4,6-7,10,15H,5,8-9,11-12H2,1H3,(H2,22,27). The van der Waals surface area contributed by atoms with Crippen LogP contribution in [0.15, 0.2) is 41.4 Å². The molecule has 1 fully saturated rings. The molecular weight excluding hydrogens is 404 g/mol. The first kappa shape index (κ1) is 19.8. The van der Waals surface area contributed by atoms with Crippen molar-refractivity contribution in [2.45, 2.75) is 24.8 Å². The van der Waals surface area contributed by atoms with Crippen LogP contribution in [0.4, 0.5) is 0 Å². The van der Waals surface area contributed by atoms with Gasteiger partial charge in [-0.1, -0.05) is 42.1 Å². The summed E-state index contributed by atoms with van der Waals surface area (Å²) in [6.07, 6.45) is 1.57. The number of rotatable bonds is 5. The summed E-state index contributed by atoms with van der Waals surface area (Å²) >= 11 is 3.07. The molecule has 1 aliphatic heterocycles. The fraction of sp³-hybridized carbons (Fsp3) is 0.333. The number of nitrogens with zero attached hydrogens (tertiary/aromatic N) is 3. The average molecular weight is 427 g/mol. The summed E-state index contributed by atoms with van der Waals surface area (Å²) in [5.74, 6) is 0.434. The van der Waals surface area contributed by atoms with Crippen molar-refractivity contribution in [3.63, 3.8) is 0 Å². The number of aromatic nitrogens is 2. The van der Waals surface area contributed by atoms with E-state index in [-0.39, 0.29) is 23.5 Å². The zero-order chi connectivity index (χ0) is 20.4. The molecule has 0 radical (unpaired) electrons. The summed E-state index contributed by atoms with van der Waals surface area (Å²) in [4.78, 5) is 37.1. The Morgan fingerprint density at radius 1 is 1.28 bits per heavy atom. The van der Waals surface area contributed by atoms with Crippen molar-refractivity contribution >= 4 is 45.1 Å². The van der Waals surface area contributed by atoms with Crippen LogP contribution < -0.4 is 5.73 Å². The molecule has 4 rings (SSSR count). The largest absolute Gasteiger partial charge is 0.369 e. The van der Waals surface area contributed by atoms with E-state index in [2.05, 4.69) is 28.2 Å². The number of primary amides is 1. The molecule has 29 heavy (non-hydrogen) atoms. The van der Waals surface area contributed by atoms with Gasteiger partial charge in [0, 0.05) is 23.4 Å². The zero-order valence-corrected chi connectivity index (χ0v) is 17.8. The van der Waals surface area contributed by atoms with Gasteiger partial charge in [-0.3, -0.25) is 9.59 Å². The molecule has 2 aromatic heterocycles. The van der Waals surface area contributed by atoms with Crippen LogP contribution in [0.3, 0.4) is 0 Å². The number of carbonyl (C=O) groups is 2. The number of piperidine rings is 1. The Hall–Kier alpha value is -2.45. The van der Waals surface area contributed by atoms with Crippen molar-refractivity contribution in [2.24, 2.45) is 11.7 Å². The zero-order valence-electron chi connectivity index (χ0n) is 16.1. The summed E-state index contributed by atoms with van der Waals surface area (Å²) in [5.41, 5.74) is 6.57. The van der Waals surface area contributed by atoms with Gasteiger partial charge >= 0.3 is 0 Å². The second-order valence-electron chi connectivity index (χ2n) is 7.14. The molecule has 1 aromatic carbocycles. The predicted molar refractivity (Wildman–Crippen MR) is 117 cm³/mol. The molecule has 150 valence electrons. The summed E-state index contributed by atoms with van der Waals surface area (Å²) in [6.45, 7) is 2.97. The van der Waals surface area contributed by atoms with Crippen LogP contribution in [0.1, 0.15) is 18.7 Å². The third-order valence-electron chi connectivity index (χ3n) is 5.04. The molecule has 0 aliphatic carbocycles. The number of hydrogen-bond donors (Lipinski definition) is 1. The summed E-state index contributed by atoms with van der Waals surface area (Å²) in [6, 6.07) is 12.3. The van der Waals surface area contributed by atoms with Gasteiger partial charge in [0.25, 0.3) is 0 Å². The van der Waals surface area contributed by atoms with Crippen LogP contribution >= 0.6 is 23.1 Å². The highest BCUT2D eigenvalue weighted by atomic mass is 32.2. The van der Waals surface area contributed by atoms with Crippen molar-refractivity contribution in [1.29, 1.82) is 0 Å². The third kappa shape index (κ3) is 4.43. The van der Waals surface area contributed by atoms with E-state index in [1.807, 2.05) is 25.1 Å².